The second-order valence-corrected chi connectivity index (χ2v) is 8.98. The van der Waals surface area contributed by atoms with Gasteiger partial charge in [0.25, 0.3) is 0 Å². The lowest BCUT2D eigenvalue weighted by Gasteiger charge is -2.22. The Hall–Kier alpha value is -3.05. The minimum atomic E-state index is -0.748. The molecule has 12 heteroatoms. The lowest BCUT2D eigenvalue weighted by atomic mass is 10.2. The molecule has 0 radical (unpaired) electrons. The van der Waals surface area contributed by atoms with Gasteiger partial charge in [-0.2, -0.15) is 0 Å². The molecule has 0 saturated heterocycles. The molecule has 0 heterocycles. The summed E-state index contributed by atoms with van der Waals surface area (Å²) in [5.41, 5.74) is -1.41. The predicted octanol–water partition coefficient (Wildman–Crippen LogP) is 2.85. The van der Waals surface area contributed by atoms with Crippen LogP contribution in [0, 0.1) is 0 Å². The number of aliphatic imine (C=N–C) groups is 1. The van der Waals surface area contributed by atoms with E-state index in [1.807, 2.05) is 0 Å². The number of methoxy groups -OCH3 is 1. The molecular formula is C21H38N4O8. The van der Waals surface area contributed by atoms with Crippen LogP contribution in [0.25, 0.3) is 0 Å². The maximum Gasteiger partial charge on any atom is 0.414 e. The fourth-order valence-electron chi connectivity index (χ4n) is 2.12. The number of nitrogens with one attached hydrogen (secondary N) is 3. The minimum Gasteiger partial charge on any atom is -0.466 e. The molecule has 3 N–H and O–H groups in total. The van der Waals surface area contributed by atoms with E-state index in [0.29, 0.717) is 25.9 Å². The van der Waals surface area contributed by atoms with Crippen molar-refractivity contribution in [2.24, 2.45) is 4.99 Å². The SMILES string of the molecule is COC(=O)COC(=O)NCCCCCCN=C(NC(=O)OC(C)(C)C)NC(=O)OC(C)(C)C. The monoisotopic (exact) mass is 474 g/mol. The van der Waals surface area contributed by atoms with Crippen molar-refractivity contribution in [3.63, 3.8) is 0 Å². The molecular weight excluding hydrogens is 436 g/mol. The van der Waals surface area contributed by atoms with Crippen LogP contribution in [-0.2, 0) is 23.7 Å². The quantitative estimate of drug-likeness (QED) is 0.152. The van der Waals surface area contributed by atoms with E-state index < -0.39 is 42.1 Å². The average molecular weight is 475 g/mol. The van der Waals surface area contributed by atoms with E-state index in [1.54, 1.807) is 41.5 Å². The first-order valence-corrected chi connectivity index (χ1v) is 10.7. The van der Waals surface area contributed by atoms with Gasteiger partial charge in [-0.15, -0.1) is 0 Å². The van der Waals surface area contributed by atoms with E-state index in [9.17, 15) is 19.2 Å². The molecule has 3 amide bonds. The Morgan fingerprint density at radius 2 is 1.27 bits per heavy atom. The summed E-state index contributed by atoms with van der Waals surface area (Å²) in [5, 5.41) is 7.37. The highest BCUT2D eigenvalue weighted by Gasteiger charge is 2.21. The number of unbranched alkanes of at least 4 members (excludes halogenated alkanes) is 3. The Morgan fingerprint density at radius 1 is 0.758 bits per heavy atom. The van der Waals surface area contributed by atoms with Gasteiger partial charge < -0.3 is 24.3 Å². The summed E-state index contributed by atoms with van der Waals surface area (Å²) in [4.78, 5) is 50.5. The van der Waals surface area contributed by atoms with Gasteiger partial charge >= 0.3 is 24.2 Å². The summed E-state index contributed by atoms with van der Waals surface area (Å²) >= 11 is 0. The third-order valence-electron chi connectivity index (χ3n) is 3.41. The van der Waals surface area contributed by atoms with Crippen LogP contribution in [0.3, 0.4) is 0 Å². The highest BCUT2D eigenvalue weighted by atomic mass is 16.6. The van der Waals surface area contributed by atoms with Crippen molar-refractivity contribution >= 4 is 30.2 Å². The molecule has 0 saturated carbocycles. The number of hydrogen-bond acceptors (Lipinski definition) is 9. The fourth-order valence-corrected chi connectivity index (χ4v) is 2.12. The third-order valence-corrected chi connectivity index (χ3v) is 3.41. The van der Waals surface area contributed by atoms with Crippen molar-refractivity contribution in [1.82, 2.24) is 16.0 Å². The van der Waals surface area contributed by atoms with E-state index in [2.05, 4.69) is 30.4 Å². The predicted molar refractivity (Wildman–Crippen MR) is 121 cm³/mol. The second-order valence-electron chi connectivity index (χ2n) is 8.98. The van der Waals surface area contributed by atoms with Crippen LogP contribution in [0.2, 0.25) is 0 Å². The number of nitrogens with zero attached hydrogens (tertiary/aromatic N) is 1. The van der Waals surface area contributed by atoms with Gasteiger partial charge in [-0.3, -0.25) is 15.6 Å². The number of carbonyl (C=O) groups excluding carboxylic acids is 4. The lowest BCUT2D eigenvalue weighted by molar-refractivity contribution is -0.143. The molecule has 12 nitrogen and oxygen atoms in total. The van der Waals surface area contributed by atoms with Crippen molar-refractivity contribution in [3.8, 4) is 0 Å². The molecule has 33 heavy (non-hydrogen) atoms. The van der Waals surface area contributed by atoms with Gasteiger partial charge in [0.15, 0.2) is 6.61 Å². The number of carbonyl (C=O) groups is 4. The number of esters is 1. The molecule has 0 aliphatic carbocycles. The summed E-state index contributed by atoms with van der Waals surface area (Å²) < 4.78 is 19.4. The maximum absolute atomic E-state index is 12.0. The van der Waals surface area contributed by atoms with Crippen LogP contribution in [0.15, 0.2) is 4.99 Å². The number of amides is 3. The molecule has 0 bridgehead atoms. The average Bonchev–Trinajstić information content (AvgIpc) is 2.64. The van der Waals surface area contributed by atoms with Crippen LogP contribution in [0.1, 0.15) is 67.2 Å². The topological polar surface area (TPSA) is 154 Å². The van der Waals surface area contributed by atoms with Crippen LogP contribution in [0.5, 0.6) is 0 Å². The molecule has 0 aliphatic rings. The second kappa shape index (κ2) is 14.9. The number of hydrogen-bond donors (Lipinski definition) is 3. The van der Waals surface area contributed by atoms with Gasteiger partial charge in [0.2, 0.25) is 5.96 Å². The van der Waals surface area contributed by atoms with Gasteiger partial charge in [-0.05, 0) is 54.4 Å². The molecule has 190 valence electrons. The zero-order chi connectivity index (χ0) is 25.5. The van der Waals surface area contributed by atoms with Gasteiger partial charge in [0, 0.05) is 13.1 Å². The van der Waals surface area contributed by atoms with Crippen molar-refractivity contribution in [2.45, 2.75) is 78.4 Å². The van der Waals surface area contributed by atoms with Gasteiger partial charge in [0.05, 0.1) is 7.11 Å². The minimum absolute atomic E-state index is 0.0616. The Bertz CT molecular complexity index is 649. The molecule has 0 unspecified atom stereocenters. The van der Waals surface area contributed by atoms with E-state index in [-0.39, 0.29) is 5.96 Å². The molecule has 0 aliphatic heterocycles. The Balaban J connectivity index is 4.41. The van der Waals surface area contributed by atoms with Crippen LogP contribution < -0.4 is 16.0 Å². The third kappa shape index (κ3) is 19.4. The maximum atomic E-state index is 12.0. The lowest BCUT2D eigenvalue weighted by Crippen LogP contribution is -2.47. The first-order chi connectivity index (χ1) is 15.2. The molecule has 0 rings (SSSR count). The van der Waals surface area contributed by atoms with Gasteiger partial charge in [-0.1, -0.05) is 12.8 Å². The van der Waals surface area contributed by atoms with Crippen molar-refractivity contribution in [1.29, 1.82) is 0 Å². The smallest absolute Gasteiger partial charge is 0.414 e. The molecule has 0 aromatic carbocycles. The molecule has 0 aromatic rings. The zero-order valence-electron chi connectivity index (χ0n) is 20.7. The molecule has 0 aromatic heterocycles. The summed E-state index contributed by atoms with van der Waals surface area (Å²) in [5.74, 6) is -0.694. The van der Waals surface area contributed by atoms with Gasteiger partial charge in [0.1, 0.15) is 11.2 Å². The molecule has 0 spiro atoms. The van der Waals surface area contributed by atoms with Crippen LogP contribution >= 0.6 is 0 Å². The fraction of sp³-hybridized carbons (Fsp3) is 0.762. The van der Waals surface area contributed by atoms with Crippen molar-refractivity contribution in [2.75, 3.05) is 26.8 Å². The first-order valence-electron chi connectivity index (χ1n) is 10.7. The Kier molecular flexibility index (Phi) is 13.5. The number of ether oxygens (including phenoxy) is 4. The number of rotatable bonds is 9. The number of alkyl carbamates (subject to hydrolysis) is 3. The van der Waals surface area contributed by atoms with Crippen LogP contribution in [0.4, 0.5) is 14.4 Å². The first kappa shape index (κ1) is 29.9. The Labute approximate surface area is 195 Å². The van der Waals surface area contributed by atoms with Crippen LogP contribution in [-0.4, -0.2) is 68.2 Å². The normalized spacial score (nSPS) is 11.0. The molecule has 0 fully saturated rings. The zero-order valence-corrected chi connectivity index (χ0v) is 20.7. The number of guanidine groups is 1. The largest absolute Gasteiger partial charge is 0.466 e. The van der Waals surface area contributed by atoms with E-state index in [0.717, 1.165) is 12.8 Å². The summed E-state index contributed by atoms with van der Waals surface area (Å²) in [6.45, 7) is 10.6. The van der Waals surface area contributed by atoms with Crippen molar-refractivity contribution < 1.29 is 38.1 Å². The standard InChI is InChI=1S/C21H38N4O8/c1-20(2,3)32-18(28)24-16(25-19(29)33-21(4,5)6)22-12-10-8-9-11-13-23-17(27)31-14-15(26)30-7/h8-14H2,1-7H3,(H,23,27)(H2,22,24,25,28,29). The highest BCUT2D eigenvalue weighted by molar-refractivity contribution is 6.01. The van der Waals surface area contributed by atoms with Crippen molar-refractivity contribution in [3.05, 3.63) is 0 Å². The summed E-state index contributed by atoms with van der Waals surface area (Å²) in [6, 6.07) is 0. The van der Waals surface area contributed by atoms with E-state index in [4.69, 9.17) is 9.47 Å². The van der Waals surface area contributed by atoms with Gasteiger partial charge in [-0.25, -0.2) is 19.2 Å². The summed E-state index contributed by atoms with van der Waals surface area (Å²) in [6.07, 6.45) is 0.815. The van der Waals surface area contributed by atoms with E-state index >= 15 is 0 Å². The highest BCUT2D eigenvalue weighted by Crippen LogP contribution is 2.08. The summed E-state index contributed by atoms with van der Waals surface area (Å²) in [7, 11) is 1.21. The van der Waals surface area contributed by atoms with E-state index in [1.165, 1.54) is 7.11 Å². The molecule has 0 atom stereocenters. The Morgan fingerprint density at radius 3 is 1.76 bits per heavy atom.